The van der Waals surface area contributed by atoms with Gasteiger partial charge >= 0.3 is 11.9 Å². The van der Waals surface area contributed by atoms with Crippen molar-refractivity contribution >= 4 is 17.6 Å². The minimum atomic E-state index is -1.02. The molecular formula is C21H27N3O6. The molecule has 9 nitrogen and oxygen atoms in total. The molecule has 2 rings (SSSR count). The van der Waals surface area contributed by atoms with E-state index in [1.807, 2.05) is 13.8 Å². The Morgan fingerprint density at radius 3 is 2.23 bits per heavy atom. The Morgan fingerprint density at radius 1 is 1.13 bits per heavy atom. The normalized spacial score (nSPS) is 16.4. The van der Waals surface area contributed by atoms with E-state index in [1.54, 1.807) is 19.9 Å². The number of carbonyl (C=O) groups is 2. The number of carbonyl (C=O) groups excluding carboxylic acids is 2. The zero-order valence-corrected chi connectivity index (χ0v) is 17.6. The number of benzene rings is 1. The summed E-state index contributed by atoms with van der Waals surface area (Å²) in [5, 5.41) is 14.7. The minimum Gasteiger partial charge on any atom is -0.462 e. The van der Waals surface area contributed by atoms with E-state index in [-0.39, 0.29) is 48.1 Å². The summed E-state index contributed by atoms with van der Waals surface area (Å²) in [6, 6.07) is 6.01. The van der Waals surface area contributed by atoms with Crippen molar-refractivity contribution in [1.82, 2.24) is 5.32 Å². The Labute approximate surface area is 175 Å². The molecular weight excluding hydrogens is 390 g/mol. The van der Waals surface area contributed by atoms with Crippen molar-refractivity contribution in [2.24, 2.45) is 11.7 Å². The molecule has 0 saturated heterocycles. The van der Waals surface area contributed by atoms with Gasteiger partial charge in [-0.25, -0.2) is 9.59 Å². The highest BCUT2D eigenvalue weighted by Crippen LogP contribution is 2.42. The number of dihydropyridines is 1. The molecule has 0 aromatic heterocycles. The van der Waals surface area contributed by atoms with Crippen molar-refractivity contribution in [3.8, 4) is 0 Å². The smallest absolute Gasteiger partial charge is 0.336 e. The van der Waals surface area contributed by atoms with Crippen LogP contribution in [0.2, 0.25) is 0 Å². The van der Waals surface area contributed by atoms with Crippen LogP contribution >= 0.6 is 0 Å². The summed E-state index contributed by atoms with van der Waals surface area (Å²) in [6.45, 7) is 7.39. The van der Waals surface area contributed by atoms with Gasteiger partial charge in [0.2, 0.25) is 0 Å². The minimum absolute atomic E-state index is 0.0188. The molecule has 1 unspecified atom stereocenters. The number of nitrogens with two attached hydrogens (primary N) is 1. The molecule has 0 bridgehead atoms. The van der Waals surface area contributed by atoms with Crippen LogP contribution in [0.3, 0.4) is 0 Å². The van der Waals surface area contributed by atoms with E-state index < -0.39 is 22.8 Å². The number of allylic oxidation sites excluding steroid dienone is 2. The van der Waals surface area contributed by atoms with Gasteiger partial charge in [0, 0.05) is 29.6 Å². The summed E-state index contributed by atoms with van der Waals surface area (Å²) < 4.78 is 10.6. The monoisotopic (exact) mass is 417 g/mol. The van der Waals surface area contributed by atoms with Gasteiger partial charge in [0.25, 0.3) is 5.69 Å². The van der Waals surface area contributed by atoms with Crippen LogP contribution in [0.1, 0.15) is 39.2 Å². The van der Waals surface area contributed by atoms with Crippen LogP contribution in [-0.2, 0) is 19.1 Å². The fourth-order valence-corrected chi connectivity index (χ4v) is 3.29. The van der Waals surface area contributed by atoms with E-state index in [1.165, 1.54) is 18.2 Å². The van der Waals surface area contributed by atoms with Gasteiger partial charge in [-0.1, -0.05) is 32.0 Å². The third kappa shape index (κ3) is 5.04. The summed E-state index contributed by atoms with van der Waals surface area (Å²) in [4.78, 5) is 37.0. The van der Waals surface area contributed by atoms with E-state index in [9.17, 15) is 19.7 Å². The number of nitro groups is 1. The Hall–Kier alpha value is -3.20. The molecule has 1 aromatic carbocycles. The standard InChI is InChI=1S/C21H27N3O6/c1-12(2)11-30-21(26)18-14(4)23-13(3)17(20(25)29-10-9-22)19(18)15-7-5-6-8-16(15)24(27)28/h5-8,12,19,23H,9-11,22H2,1-4H3. The van der Waals surface area contributed by atoms with E-state index in [0.717, 1.165) is 0 Å². The molecule has 0 amide bonds. The lowest BCUT2D eigenvalue weighted by molar-refractivity contribution is -0.385. The van der Waals surface area contributed by atoms with Crippen LogP contribution in [0.25, 0.3) is 0 Å². The maximum absolute atomic E-state index is 13.0. The predicted molar refractivity (Wildman–Crippen MR) is 110 cm³/mol. The molecule has 9 heteroatoms. The van der Waals surface area contributed by atoms with Gasteiger partial charge in [0.1, 0.15) is 6.61 Å². The number of para-hydroxylation sites is 1. The SMILES string of the molecule is CC1=C(C(=O)OCCN)C(c2ccccc2[N+](=O)[O-])C(C(=O)OCC(C)C)=C(C)N1. The van der Waals surface area contributed by atoms with Crippen LogP contribution in [0.15, 0.2) is 46.8 Å². The average molecular weight is 417 g/mol. The fourth-order valence-electron chi connectivity index (χ4n) is 3.29. The molecule has 0 fully saturated rings. The lowest BCUT2D eigenvalue weighted by atomic mass is 9.79. The quantitative estimate of drug-likeness (QED) is 0.374. The first-order valence-electron chi connectivity index (χ1n) is 9.65. The molecule has 162 valence electrons. The first-order chi connectivity index (χ1) is 14.2. The number of ether oxygens (including phenoxy) is 2. The van der Waals surface area contributed by atoms with E-state index in [2.05, 4.69) is 5.32 Å². The van der Waals surface area contributed by atoms with Crippen LogP contribution in [-0.4, -0.2) is 36.6 Å². The Bertz CT molecular complexity index is 904. The third-order valence-corrected chi connectivity index (χ3v) is 4.54. The van der Waals surface area contributed by atoms with Crippen molar-refractivity contribution in [3.63, 3.8) is 0 Å². The molecule has 3 N–H and O–H groups in total. The summed E-state index contributed by atoms with van der Waals surface area (Å²) in [5.41, 5.74) is 6.58. The number of nitrogens with one attached hydrogen (secondary N) is 1. The average Bonchev–Trinajstić information content (AvgIpc) is 2.69. The maximum atomic E-state index is 13.0. The predicted octanol–water partition coefficient (Wildman–Crippen LogP) is 2.53. The van der Waals surface area contributed by atoms with Crippen LogP contribution < -0.4 is 11.1 Å². The lowest BCUT2D eigenvalue weighted by Crippen LogP contribution is -2.33. The summed E-state index contributed by atoms with van der Waals surface area (Å²) >= 11 is 0. The summed E-state index contributed by atoms with van der Waals surface area (Å²) in [5.74, 6) is -2.26. The second kappa shape index (κ2) is 10.0. The molecule has 1 heterocycles. The zero-order chi connectivity index (χ0) is 22.4. The second-order valence-corrected chi connectivity index (χ2v) is 7.37. The number of esters is 2. The number of nitro benzene ring substituents is 1. The van der Waals surface area contributed by atoms with Gasteiger partial charge in [-0.05, 0) is 19.8 Å². The molecule has 1 aromatic rings. The maximum Gasteiger partial charge on any atom is 0.336 e. The van der Waals surface area contributed by atoms with E-state index in [4.69, 9.17) is 15.2 Å². The van der Waals surface area contributed by atoms with Crippen molar-refractivity contribution < 1.29 is 24.0 Å². The Balaban J connectivity index is 2.66. The third-order valence-electron chi connectivity index (χ3n) is 4.54. The van der Waals surface area contributed by atoms with Gasteiger partial charge in [-0.15, -0.1) is 0 Å². The highest BCUT2D eigenvalue weighted by atomic mass is 16.6. The second-order valence-electron chi connectivity index (χ2n) is 7.37. The van der Waals surface area contributed by atoms with Crippen LogP contribution in [0.4, 0.5) is 5.69 Å². The highest BCUT2D eigenvalue weighted by Gasteiger charge is 2.40. The number of hydrogen-bond donors (Lipinski definition) is 2. The largest absolute Gasteiger partial charge is 0.462 e. The number of nitrogens with zero attached hydrogens (tertiary/aromatic N) is 1. The summed E-state index contributed by atoms with van der Waals surface area (Å²) in [6.07, 6.45) is 0. The van der Waals surface area contributed by atoms with Gasteiger partial charge in [0.05, 0.1) is 28.6 Å². The Morgan fingerprint density at radius 2 is 1.70 bits per heavy atom. The molecule has 1 aliphatic heterocycles. The number of hydrogen-bond acceptors (Lipinski definition) is 8. The molecule has 1 atom stereocenters. The number of rotatable bonds is 8. The van der Waals surface area contributed by atoms with Gasteiger partial charge in [-0.3, -0.25) is 10.1 Å². The summed E-state index contributed by atoms with van der Waals surface area (Å²) in [7, 11) is 0. The molecule has 0 saturated carbocycles. The molecule has 0 aliphatic carbocycles. The fraction of sp³-hybridized carbons (Fsp3) is 0.429. The van der Waals surface area contributed by atoms with E-state index >= 15 is 0 Å². The highest BCUT2D eigenvalue weighted by molar-refractivity contribution is 6.00. The zero-order valence-electron chi connectivity index (χ0n) is 17.6. The molecule has 1 aliphatic rings. The van der Waals surface area contributed by atoms with Gasteiger partial charge in [0.15, 0.2) is 0 Å². The van der Waals surface area contributed by atoms with E-state index in [0.29, 0.717) is 11.4 Å². The van der Waals surface area contributed by atoms with Crippen molar-refractivity contribution in [2.75, 3.05) is 19.8 Å². The van der Waals surface area contributed by atoms with Crippen LogP contribution in [0, 0.1) is 16.0 Å². The van der Waals surface area contributed by atoms with Crippen molar-refractivity contribution in [1.29, 1.82) is 0 Å². The van der Waals surface area contributed by atoms with Gasteiger partial charge in [-0.2, -0.15) is 0 Å². The molecule has 0 spiro atoms. The lowest BCUT2D eigenvalue weighted by Gasteiger charge is -2.30. The topological polar surface area (TPSA) is 134 Å². The van der Waals surface area contributed by atoms with Crippen LogP contribution in [0.5, 0.6) is 0 Å². The first-order valence-corrected chi connectivity index (χ1v) is 9.65. The Kier molecular flexibility index (Phi) is 7.71. The van der Waals surface area contributed by atoms with Crippen molar-refractivity contribution in [2.45, 2.75) is 33.6 Å². The first kappa shape index (κ1) is 23.1. The molecule has 0 radical (unpaired) electrons. The van der Waals surface area contributed by atoms with Crippen molar-refractivity contribution in [3.05, 3.63) is 62.5 Å². The van der Waals surface area contributed by atoms with Gasteiger partial charge < -0.3 is 20.5 Å². The molecule has 30 heavy (non-hydrogen) atoms.